The van der Waals surface area contributed by atoms with Crippen molar-refractivity contribution in [2.75, 3.05) is 16.8 Å². The summed E-state index contributed by atoms with van der Waals surface area (Å²) in [6.45, 7) is 3.07. The highest BCUT2D eigenvalue weighted by Gasteiger charge is 2.35. The van der Waals surface area contributed by atoms with Crippen LogP contribution in [0.15, 0.2) is 91.1 Å². The van der Waals surface area contributed by atoms with Gasteiger partial charge in [0, 0.05) is 19.3 Å². The number of hydrogen-bond donors (Lipinski definition) is 2. The van der Waals surface area contributed by atoms with Crippen LogP contribution in [0, 0.1) is 6.92 Å². The standard InChI is InChI=1S/C35H31N5O4S.H2S/c1-22-20-25(44-24-12-6-3-7-13-24)15-16-27(22)40-28-17-18-36-33-29(28)30(38-35(40)43)31(45-33)32(41)37-26-14-8-9-19-39(34(26)42)21-23-10-4-2-5-11-23;/h2-7,10-13,15-18,20,26H,8-9,14,19,21H2,1H3,(H,37,41)(H,38,43);1H2/t26-;/m0./s1. The number of urea groups is 1. The molecule has 3 aromatic carbocycles. The first-order chi connectivity index (χ1) is 22.0. The topological polar surface area (TPSA) is 104 Å². The molecule has 2 aliphatic rings. The Morgan fingerprint density at radius 2 is 1.74 bits per heavy atom. The third-order valence-electron chi connectivity index (χ3n) is 8.14. The van der Waals surface area contributed by atoms with Crippen molar-refractivity contribution in [3.8, 4) is 11.5 Å². The maximum Gasteiger partial charge on any atom is 0.331 e. The van der Waals surface area contributed by atoms with Crippen molar-refractivity contribution in [1.82, 2.24) is 15.2 Å². The van der Waals surface area contributed by atoms with Gasteiger partial charge in [0.15, 0.2) is 0 Å². The summed E-state index contributed by atoms with van der Waals surface area (Å²) < 4.78 is 5.99. The fraction of sp³-hybridized carbons (Fsp3) is 0.200. The lowest BCUT2D eigenvalue weighted by Crippen LogP contribution is -2.47. The molecule has 46 heavy (non-hydrogen) atoms. The normalized spacial score (nSPS) is 16.0. The summed E-state index contributed by atoms with van der Waals surface area (Å²) in [5.74, 6) is 0.888. The van der Waals surface area contributed by atoms with E-state index in [0.29, 0.717) is 57.4 Å². The van der Waals surface area contributed by atoms with E-state index in [1.165, 1.54) is 11.3 Å². The molecule has 1 atom stereocenters. The zero-order chi connectivity index (χ0) is 30.9. The largest absolute Gasteiger partial charge is 0.457 e. The molecule has 0 spiro atoms. The molecule has 2 aromatic heterocycles. The van der Waals surface area contributed by atoms with Crippen LogP contribution < -0.4 is 20.3 Å². The van der Waals surface area contributed by atoms with Gasteiger partial charge in [0.1, 0.15) is 27.2 Å². The van der Waals surface area contributed by atoms with Gasteiger partial charge in [-0.25, -0.2) is 9.78 Å². The van der Waals surface area contributed by atoms with E-state index >= 15 is 0 Å². The second-order valence-corrected chi connectivity index (χ2v) is 12.2. The first-order valence-corrected chi connectivity index (χ1v) is 15.8. The SMILES string of the molecule is Cc1cc(Oc2ccccc2)ccc1N1C(=O)Nc2c(C(=O)N[C@H]3CCCCN(Cc4ccccc4)C3=O)sc3nccc1c23.S. The molecule has 9 nitrogen and oxygen atoms in total. The van der Waals surface area contributed by atoms with Crippen molar-refractivity contribution in [2.24, 2.45) is 0 Å². The van der Waals surface area contributed by atoms with Crippen molar-refractivity contribution >= 4 is 70.0 Å². The number of carbonyl (C=O) groups excluding carboxylic acids is 3. The third-order valence-corrected chi connectivity index (χ3v) is 9.24. The van der Waals surface area contributed by atoms with E-state index in [9.17, 15) is 14.4 Å². The minimum Gasteiger partial charge on any atom is -0.457 e. The number of anilines is 3. The molecule has 234 valence electrons. The number of para-hydroxylation sites is 1. The molecule has 0 bridgehead atoms. The van der Waals surface area contributed by atoms with Crippen molar-refractivity contribution in [1.29, 1.82) is 0 Å². The van der Waals surface area contributed by atoms with Crippen LogP contribution in [-0.4, -0.2) is 40.3 Å². The van der Waals surface area contributed by atoms with Crippen LogP contribution in [0.3, 0.4) is 0 Å². The van der Waals surface area contributed by atoms with Gasteiger partial charge in [0.05, 0.1) is 22.4 Å². The van der Waals surface area contributed by atoms with Gasteiger partial charge in [-0.05, 0) is 73.7 Å². The molecule has 1 fully saturated rings. The van der Waals surface area contributed by atoms with Crippen molar-refractivity contribution in [2.45, 2.75) is 38.8 Å². The summed E-state index contributed by atoms with van der Waals surface area (Å²) in [7, 11) is 0. The van der Waals surface area contributed by atoms with Gasteiger partial charge in [-0.15, -0.1) is 11.3 Å². The van der Waals surface area contributed by atoms with Crippen molar-refractivity contribution in [3.63, 3.8) is 0 Å². The molecule has 0 radical (unpaired) electrons. The monoisotopic (exact) mass is 651 g/mol. The molecule has 4 amide bonds. The highest BCUT2D eigenvalue weighted by Crippen LogP contribution is 2.46. The number of ether oxygens (including phenoxy) is 1. The van der Waals surface area contributed by atoms with Crippen LogP contribution in [0.5, 0.6) is 11.5 Å². The maximum absolute atomic E-state index is 13.7. The number of nitrogens with zero attached hydrogens (tertiary/aromatic N) is 3. The molecule has 0 saturated carbocycles. The molecule has 11 heteroatoms. The van der Waals surface area contributed by atoms with E-state index in [2.05, 4.69) is 15.6 Å². The summed E-state index contributed by atoms with van der Waals surface area (Å²) in [5.41, 5.74) is 3.62. The molecule has 2 N–H and O–H groups in total. The number of hydrogen-bond acceptors (Lipinski definition) is 6. The Morgan fingerprint density at radius 1 is 0.978 bits per heavy atom. The molecular formula is C35H33N5O4S2. The lowest BCUT2D eigenvalue weighted by atomic mass is 10.1. The summed E-state index contributed by atoms with van der Waals surface area (Å²) >= 11 is 1.21. The number of carbonyl (C=O) groups is 3. The van der Waals surface area contributed by atoms with Crippen LogP contribution in [0.2, 0.25) is 0 Å². The van der Waals surface area contributed by atoms with Gasteiger partial charge < -0.3 is 20.3 Å². The Morgan fingerprint density at radius 3 is 2.50 bits per heavy atom. The summed E-state index contributed by atoms with van der Waals surface area (Å²) in [6.07, 6.45) is 3.90. The van der Waals surface area contributed by atoms with E-state index < -0.39 is 11.9 Å². The predicted octanol–water partition coefficient (Wildman–Crippen LogP) is 7.50. The number of pyridine rings is 1. The maximum atomic E-state index is 13.7. The summed E-state index contributed by atoms with van der Waals surface area (Å²) in [6, 6.07) is 25.7. The Hall–Kier alpha value is -4.87. The summed E-state index contributed by atoms with van der Waals surface area (Å²) in [5, 5.41) is 6.63. The molecule has 0 unspecified atom stereocenters. The molecule has 5 aromatic rings. The number of aromatic nitrogens is 1. The predicted molar refractivity (Wildman–Crippen MR) is 186 cm³/mol. The average molecular weight is 652 g/mol. The minimum absolute atomic E-state index is 0. The number of amides is 4. The first kappa shape index (κ1) is 31.1. The van der Waals surface area contributed by atoms with Gasteiger partial charge in [-0.3, -0.25) is 14.5 Å². The molecule has 4 heterocycles. The van der Waals surface area contributed by atoms with Gasteiger partial charge in [0.25, 0.3) is 5.91 Å². The third kappa shape index (κ3) is 6.03. The number of nitrogens with one attached hydrogen (secondary N) is 2. The first-order valence-electron chi connectivity index (χ1n) is 15.0. The van der Waals surface area contributed by atoms with Crippen LogP contribution in [0.25, 0.3) is 10.2 Å². The Bertz CT molecular complexity index is 1920. The Balaban J connectivity index is 0.00000372. The average Bonchev–Trinajstić information content (AvgIpc) is 3.34. The highest BCUT2D eigenvalue weighted by atomic mass is 32.1. The minimum atomic E-state index is -0.649. The summed E-state index contributed by atoms with van der Waals surface area (Å²) in [4.78, 5) is 49.8. The smallest absolute Gasteiger partial charge is 0.331 e. The highest BCUT2D eigenvalue weighted by molar-refractivity contribution is 7.59. The Labute approximate surface area is 277 Å². The van der Waals surface area contributed by atoms with Gasteiger partial charge in [-0.1, -0.05) is 48.5 Å². The lowest BCUT2D eigenvalue weighted by molar-refractivity contribution is -0.133. The number of rotatable bonds is 7. The second kappa shape index (κ2) is 13.2. The van der Waals surface area contributed by atoms with Gasteiger partial charge in [0.2, 0.25) is 5.91 Å². The molecule has 1 saturated heterocycles. The molecule has 0 aliphatic carbocycles. The number of thiophene rings is 1. The fourth-order valence-electron chi connectivity index (χ4n) is 5.97. The quantitative estimate of drug-likeness (QED) is 0.190. The van der Waals surface area contributed by atoms with Crippen LogP contribution >= 0.6 is 24.8 Å². The number of likely N-dealkylation sites (tertiary alicyclic amines) is 1. The van der Waals surface area contributed by atoms with E-state index in [1.54, 1.807) is 17.2 Å². The zero-order valence-corrected chi connectivity index (χ0v) is 27.0. The van der Waals surface area contributed by atoms with Crippen LogP contribution in [0.4, 0.5) is 21.9 Å². The van der Waals surface area contributed by atoms with E-state index in [0.717, 1.165) is 29.7 Å². The fourth-order valence-corrected chi connectivity index (χ4v) is 7.00. The van der Waals surface area contributed by atoms with Crippen molar-refractivity contribution < 1.29 is 19.1 Å². The van der Waals surface area contributed by atoms with Crippen molar-refractivity contribution in [3.05, 3.63) is 107 Å². The molecule has 2 aliphatic heterocycles. The number of aryl methyl sites for hydroxylation is 1. The van der Waals surface area contributed by atoms with Crippen LogP contribution in [-0.2, 0) is 11.3 Å². The Kier molecular flexibility index (Phi) is 8.96. The van der Waals surface area contributed by atoms with Gasteiger partial charge >= 0.3 is 6.03 Å². The van der Waals surface area contributed by atoms with E-state index in [1.807, 2.05) is 90.7 Å². The molecule has 7 rings (SSSR count). The van der Waals surface area contributed by atoms with E-state index in [-0.39, 0.29) is 25.4 Å². The van der Waals surface area contributed by atoms with Crippen LogP contribution in [0.1, 0.15) is 40.1 Å². The second-order valence-electron chi connectivity index (χ2n) is 11.2. The van der Waals surface area contributed by atoms with E-state index in [4.69, 9.17) is 4.74 Å². The number of benzene rings is 3. The lowest BCUT2D eigenvalue weighted by Gasteiger charge is -2.29. The zero-order valence-electron chi connectivity index (χ0n) is 25.2. The molecular weight excluding hydrogens is 619 g/mol. The van der Waals surface area contributed by atoms with Gasteiger partial charge in [-0.2, -0.15) is 13.5 Å².